The highest BCUT2D eigenvalue weighted by molar-refractivity contribution is 5.96. The van der Waals surface area contributed by atoms with Gasteiger partial charge in [0.2, 0.25) is 0 Å². The molecule has 8 nitrogen and oxygen atoms in total. The molecule has 0 bridgehead atoms. The fraction of sp³-hybridized carbons (Fsp3) is 0.107. The van der Waals surface area contributed by atoms with E-state index in [1.807, 2.05) is 6.07 Å². The maximum absolute atomic E-state index is 16.0. The van der Waals surface area contributed by atoms with Gasteiger partial charge in [0.25, 0.3) is 0 Å². The Morgan fingerprint density at radius 1 is 1.00 bits per heavy atom. The molecule has 6 aromatic rings. The van der Waals surface area contributed by atoms with Gasteiger partial charge in [0.05, 0.1) is 28.5 Å². The van der Waals surface area contributed by atoms with Crippen LogP contribution in [0.1, 0.15) is 12.8 Å². The summed E-state index contributed by atoms with van der Waals surface area (Å²) in [6.45, 7) is 4.09. The number of nitrogens with zero attached hydrogens (tertiary/aromatic N) is 5. The third kappa shape index (κ3) is 3.78. The molecule has 5 heterocycles. The van der Waals surface area contributed by atoms with Gasteiger partial charge < -0.3 is 10.3 Å². The largest absolute Gasteiger partial charge is 0.358 e. The number of nitrogens with one attached hydrogen (secondary N) is 3. The van der Waals surface area contributed by atoms with Gasteiger partial charge in [0.1, 0.15) is 22.8 Å². The Kier molecular flexibility index (Phi) is 5.00. The Morgan fingerprint density at radius 3 is 2.66 bits per heavy atom. The first kappa shape index (κ1) is 22.2. The number of anilines is 1. The van der Waals surface area contributed by atoms with Gasteiger partial charge in [-0.15, -0.1) is 0 Å². The molecule has 1 saturated carbocycles. The molecule has 0 spiro atoms. The smallest absolute Gasteiger partial charge is 0.184 e. The van der Waals surface area contributed by atoms with Gasteiger partial charge >= 0.3 is 0 Å². The van der Waals surface area contributed by atoms with Crippen LogP contribution in [0.4, 0.5) is 14.5 Å². The second-order valence-electron chi connectivity index (χ2n) is 9.32. The van der Waals surface area contributed by atoms with Crippen LogP contribution in [-0.4, -0.2) is 35.1 Å². The summed E-state index contributed by atoms with van der Waals surface area (Å²) in [7, 11) is 0. The van der Waals surface area contributed by atoms with E-state index in [1.165, 1.54) is 18.3 Å². The van der Waals surface area contributed by atoms with Gasteiger partial charge in [-0.1, -0.05) is 6.58 Å². The standard InChI is InChI=1S/C28H20F2N8/c1-14(15-2-3-15)34-19-10-17(11-31-12-19)20-13-33-27-22(23(20)30)26(37-38-27)28-35-21-8-9-32-24(25(21)36-28)16-4-6-18(29)7-5-16/h4-13,15,34H,1-3H2,(H,35,36)(H,33,37,38). The monoisotopic (exact) mass is 506 g/mol. The van der Waals surface area contributed by atoms with Gasteiger partial charge in [-0.3, -0.25) is 15.1 Å². The third-order valence-corrected chi connectivity index (χ3v) is 6.70. The van der Waals surface area contributed by atoms with E-state index in [2.05, 4.69) is 42.0 Å². The minimum absolute atomic E-state index is 0.207. The van der Waals surface area contributed by atoms with E-state index in [9.17, 15) is 4.39 Å². The lowest BCUT2D eigenvalue weighted by molar-refractivity contribution is 0.628. The number of hydrogen-bond donors (Lipinski definition) is 3. The van der Waals surface area contributed by atoms with Crippen LogP contribution in [0.25, 0.3) is 56.0 Å². The van der Waals surface area contributed by atoms with Gasteiger partial charge in [0.15, 0.2) is 11.5 Å². The molecule has 0 atom stereocenters. The Morgan fingerprint density at radius 2 is 1.84 bits per heavy atom. The van der Waals surface area contributed by atoms with Crippen molar-refractivity contribution in [3.05, 3.63) is 85.1 Å². The van der Waals surface area contributed by atoms with Crippen molar-refractivity contribution in [1.82, 2.24) is 35.1 Å². The summed E-state index contributed by atoms with van der Waals surface area (Å²) in [5, 5.41) is 10.6. The van der Waals surface area contributed by atoms with Gasteiger partial charge in [-0.25, -0.2) is 18.7 Å². The number of benzene rings is 1. The molecule has 5 aromatic heterocycles. The van der Waals surface area contributed by atoms with Crippen LogP contribution in [0, 0.1) is 17.6 Å². The molecular weight excluding hydrogens is 486 g/mol. The highest BCUT2D eigenvalue weighted by Crippen LogP contribution is 2.37. The minimum atomic E-state index is -0.490. The summed E-state index contributed by atoms with van der Waals surface area (Å²) in [5.41, 5.74) is 5.68. The first-order valence-corrected chi connectivity index (χ1v) is 12.1. The number of allylic oxidation sites excluding steroid dienone is 1. The van der Waals surface area contributed by atoms with Crippen molar-refractivity contribution in [2.24, 2.45) is 5.92 Å². The molecule has 0 radical (unpaired) electrons. The second-order valence-corrected chi connectivity index (χ2v) is 9.32. The average molecular weight is 507 g/mol. The van der Waals surface area contributed by atoms with Crippen LogP contribution in [0.15, 0.2) is 73.5 Å². The molecule has 10 heteroatoms. The van der Waals surface area contributed by atoms with E-state index >= 15 is 4.39 Å². The fourth-order valence-electron chi connectivity index (χ4n) is 4.57. The summed E-state index contributed by atoms with van der Waals surface area (Å²) in [6, 6.07) is 9.63. The van der Waals surface area contributed by atoms with E-state index in [0.29, 0.717) is 45.3 Å². The number of fused-ring (bicyclic) bond motifs is 2. The van der Waals surface area contributed by atoms with Crippen LogP contribution in [-0.2, 0) is 0 Å². The van der Waals surface area contributed by atoms with E-state index in [0.717, 1.165) is 24.2 Å². The van der Waals surface area contributed by atoms with E-state index < -0.39 is 5.82 Å². The quantitative estimate of drug-likeness (QED) is 0.247. The van der Waals surface area contributed by atoms with Crippen LogP contribution >= 0.6 is 0 Å². The number of pyridine rings is 3. The zero-order valence-corrected chi connectivity index (χ0v) is 20.0. The van der Waals surface area contributed by atoms with E-state index in [-0.39, 0.29) is 22.4 Å². The lowest BCUT2D eigenvalue weighted by Crippen LogP contribution is -2.00. The van der Waals surface area contributed by atoms with Crippen molar-refractivity contribution < 1.29 is 8.78 Å². The number of imidazole rings is 1. The van der Waals surface area contributed by atoms with E-state index in [1.54, 1.807) is 36.8 Å². The molecule has 186 valence electrons. The van der Waals surface area contributed by atoms with Crippen molar-refractivity contribution in [1.29, 1.82) is 0 Å². The fourth-order valence-corrected chi connectivity index (χ4v) is 4.57. The molecule has 1 aromatic carbocycles. The number of aromatic nitrogens is 7. The molecule has 1 aliphatic carbocycles. The highest BCUT2D eigenvalue weighted by Gasteiger charge is 2.25. The Labute approximate surface area is 214 Å². The molecule has 0 aliphatic heterocycles. The predicted octanol–water partition coefficient (Wildman–Crippen LogP) is 6.24. The molecule has 38 heavy (non-hydrogen) atoms. The second kappa shape index (κ2) is 8.55. The van der Waals surface area contributed by atoms with Gasteiger partial charge in [-0.05, 0) is 55.2 Å². The summed E-state index contributed by atoms with van der Waals surface area (Å²) in [6.07, 6.45) is 8.62. The van der Waals surface area contributed by atoms with Crippen LogP contribution < -0.4 is 5.32 Å². The zero-order chi connectivity index (χ0) is 25.8. The maximum atomic E-state index is 16.0. The average Bonchev–Trinajstić information content (AvgIpc) is 3.54. The molecule has 0 saturated heterocycles. The van der Waals surface area contributed by atoms with Crippen molar-refractivity contribution in [2.45, 2.75) is 12.8 Å². The Balaban J connectivity index is 1.31. The van der Waals surface area contributed by atoms with Crippen molar-refractivity contribution in [2.75, 3.05) is 5.32 Å². The predicted molar refractivity (Wildman–Crippen MR) is 141 cm³/mol. The molecular formula is C28H20F2N8. The van der Waals surface area contributed by atoms with Crippen molar-refractivity contribution in [3.8, 4) is 33.9 Å². The Bertz CT molecular complexity index is 1850. The SMILES string of the molecule is C=C(Nc1cncc(-c2cnc3n[nH]c(-c4nc5c(-c6ccc(F)cc6)nccc5[nH]4)c3c2F)c1)C1CC1. The van der Waals surface area contributed by atoms with Crippen molar-refractivity contribution in [3.63, 3.8) is 0 Å². The van der Waals surface area contributed by atoms with Gasteiger partial charge in [-0.2, -0.15) is 5.10 Å². The van der Waals surface area contributed by atoms with Crippen molar-refractivity contribution >= 4 is 27.8 Å². The zero-order valence-electron chi connectivity index (χ0n) is 20.0. The minimum Gasteiger partial charge on any atom is -0.358 e. The maximum Gasteiger partial charge on any atom is 0.184 e. The van der Waals surface area contributed by atoms with Gasteiger partial charge in [0, 0.05) is 41.0 Å². The lowest BCUT2D eigenvalue weighted by Gasteiger charge is -2.10. The first-order valence-electron chi connectivity index (χ1n) is 12.1. The number of rotatable bonds is 6. The summed E-state index contributed by atoms with van der Waals surface area (Å²) < 4.78 is 29.5. The number of hydrogen-bond acceptors (Lipinski definition) is 6. The molecule has 7 rings (SSSR count). The molecule has 1 aliphatic rings. The molecule has 3 N–H and O–H groups in total. The summed E-state index contributed by atoms with van der Waals surface area (Å²) in [4.78, 5) is 21.0. The normalized spacial score (nSPS) is 13.3. The van der Waals surface area contributed by atoms with Crippen LogP contribution in [0.2, 0.25) is 0 Å². The van der Waals surface area contributed by atoms with E-state index in [4.69, 9.17) is 4.98 Å². The number of aromatic amines is 2. The van der Waals surface area contributed by atoms with Crippen LogP contribution in [0.3, 0.4) is 0 Å². The third-order valence-electron chi connectivity index (χ3n) is 6.70. The summed E-state index contributed by atoms with van der Waals surface area (Å²) in [5.74, 6) is 0.0299. The van der Waals surface area contributed by atoms with Crippen LogP contribution in [0.5, 0.6) is 0 Å². The highest BCUT2D eigenvalue weighted by atomic mass is 19.1. The topological polar surface area (TPSA) is 108 Å². The summed E-state index contributed by atoms with van der Waals surface area (Å²) >= 11 is 0. The number of H-pyrrole nitrogens is 2. The lowest BCUT2D eigenvalue weighted by atomic mass is 10.1. The first-order chi connectivity index (χ1) is 18.5. The Hall–Kier alpha value is -4.99. The molecule has 0 amide bonds. The molecule has 1 fully saturated rings. The molecule has 0 unspecified atom stereocenters. The number of halogens is 2.